The molecule has 0 saturated carbocycles. The lowest BCUT2D eigenvalue weighted by atomic mass is 10.1. The highest BCUT2D eigenvalue weighted by Gasteiger charge is 2.14. The summed E-state index contributed by atoms with van der Waals surface area (Å²) in [7, 11) is 0. The van der Waals surface area contributed by atoms with E-state index in [1.165, 1.54) is 0 Å². The minimum absolute atomic E-state index is 0.123. The van der Waals surface area contributed by atoms with Gasteiger partial charge in [-0.2, -0.15) is 0 Å². The number of unbranched alkanes of at least 4 members (excludes halogenated alkanes) is 1. The predicted molar refractivity (Wildman–Crippen MR) is 101 cm³/mol. The summed E-state index contributed by atoms with van der Waals surface area (Å²) >= 11 is 0. The molecule has 2 aromatic rings. The van der Waals surface area contributed by atoms with Crippen molar-refractivity contribution in [3.63, 3.8) is 0 Å². The van der Waals surface area contributed by atoms with E-state index < -0.39 is 42.4 Å². The quantitative estimate of drug-likeness (QED) is 0.373. The highest BCUT2D eigenvalue weighted by Crippen LogP contribution is 2.13. The Labute approximate surface area is 166 Å². The fourth-order valence-electron chi connectivity index (χ4n) is 2.24. The van der Waals surface area contributed by atoms with Crippen molar-refractivity contribution in [2.24, 2.45) is 0 Å². The number of carbonyl (C=O) groups is 3. The van der Waals surface area contributed by atoms with Gasteiger partial charge in [0.25, 0.3) is 5.91 Å². The lowest BCUT2D eigenvalue weighted by Crippen LogP contribution is -2.31. The van der Waals surface area contributed by atoms with Gasteiger partial charge in [0.15, 0.2) is 24.0 Å². The average Bonchev–Trinajstić information content (AvgIpc) is 2.73. The van der Waals surface area contributed by atoms with Gasteiger partial charge in [-0.3, -0.25) is 14.4 Å². The third-order valence-corrected chi connectivity index (χ3v) is 3.88. The molecule has 2 rings (SSSR count). The molecule has 0 spiro atoms. The third-order valence-electron chi connectivity index (χ3n) is 3.88. The van der Waals surface area contributed by atoms with Crippen molar-refractivity contribution >= 4 is 17.7 Å². The van der Waals surface area contributed by atoms with Gasteiger partial charge in [-0.05, 0) is 48.9 Å². The predicted octanol–water partition coefficient (Wildman–Crippen LogP) is 3.30. The average molecular weight is 405 g/mol. The molecule has 0 aromatic heterocycles. The molecule has 0 aliphatic rings. The van der Waals surface area contributed by atoms with E-state index in [9.17, 15) is 23.2 Å². The number of esters is 1. The molecule has 29 heavy (non-hydrogen) atoms. The summed E-state index contributed by atoms with van der Waals surface area (Å²) in [5.41, 5.74) is 0.209. The van der Waals surface area contributed by atoms with Gasteiger partial charge >= 0.3 is 5.97 Å². The largest absolute Gasteiger partial charge is 0.494 e. The van der Waals surface area contributed by atoms with Gasteiger partial charge in [-0.25, -0.2) is 8.78 Å². The standard InChI is InChI=1S/C21H21F2NO5/c1-2-3-10-28-16-7-4-14(5-8-16)21(27)24-12-20(26)29-13-19(25)15-6-9-17(22)18(23)11-15/h4-9,11H,2-3,10,12-13H2,1H3,(H,24,27). The van der Waals surface area contributed by atoms with E-state index in [0.717, 1.165) is 31.0 Å². The van der Waals surface area contributed by atoms with Crippen molar-refractivity contribution in [3.05, 3.63) is 65.2 Å². The highest BCUT2D eigenvalue weighted by molar-refractivity contribution is 5.98. The number of hydrogen-bond acceptors (Lipinski definition) is 5. The maximum Gasteiger partial charge on any atom is 0.325 e. The van der Waals surface area contributed by atoms with Crippen LogP contribution >= 0.6 is 0 Å². The normalized spacial score (nSPS) is 10.3. The first-order chi connectivity index (χ1) is 13.9. The van der Waals surface area contributed by atoms with Crippen LogP contribution in [0.3, 0.4) is 0 Å². The van der Waals surface area contributed by atoms with Gasteiger partial charge in [-0.15, -0.1) is 0 Å². The number of amides is 1. The SMILES string of the molecule is CCCCOc1ccc(C(=O)NCC(=O)OCC(=O)c2ccc(F)c(F)c2)cc1. The Bertz CT molecular complexity index is 868. The molecule has 1 amide bonds. The first kappa shape index (κ1) is 22.0. The van der Waals surface area contributed by atoms with E-state index in [1.54, 1.807) is 24.3 Å². The molecule has 0 atom stereocenters. The van der Waals surface area contributed by atoms with Crippen LogP contribution in [0, 0.1) is 11.6 Å². The Kier molecular flexibility index (Phi) is 8.27. The van der Waals surface area contributed by atoms with E-state index in [2.05, 4.69) is 12.2 Å². The van der Waals surface area contributed by atoms with Crippen molar-refractivity contribution in [2.75, 3.05) is 19.8 Å². The first-order valence-electron chi connectivity index (χ1n) is 9.05. The van der Waals surface area contributed by atoms with Gasteiger partial charge in [0.1, 0.15) is 12.3 Å². The third kappa shape index (κ3) is 6.99. The summed E-state index contributed by atoms with van der Waals surface area (Å²) in [5, 5.41) is 2.38. The van der Waals surface area contributed by atoms with E-state index in [4.69, 9.17) is 9.47 Å². The molecule has 8 heteroatoms. The van der Waals surface area contributed by atoms with Crippen molar-refractivity contribution in [1.82, 2.24) is 5.32 Å². The van der Waals surface area contributed by atoms with Crippen molar-refractivity contribution in [2.45, 2.75) is 19.8 Å². The fourth-order valence-corrected chi connectivity index (χ4v) is 2.24. The van der Waals surface area contributed by atoms with Crippen LogP contribution in [0.15, 0.2) is 42.5 Å². The van der Waals surface area contributed by atoms with Gasteiger partial charge in [0, 0.05) is 11.1 Å². The van der Waals surface area contributed by atoms with Crippen LogP contribution in [0.2, 0.25) is 0 Å². The monoisotopic (exact) mass is 405 g/mol. The van der Waals surface area contributed by atoms with E-state index in [1.807, 2.05) is 0 Å². The minimum atomic E-state index is -1.17. The van der Waals surface area contributed by atoms with E-state index in [0.29, 0.717) is 17.9 Å². The highest BCUT2D eigenvalue weighted by atomic mass is 19.2. The van der Waals surface area contributed by atoms with Crippen LogP contribution in [-0.2, 0) is 9.53 Å². The van der Waals surface area contributed by atoms with Gasteiger partial charge in [0.2, 0.25) is 0 Å². The van der Waals surface area contributed by atoms with Crippen LogP contribution < -0.4 is 10.1 Å². The molecule has 0 aliphatic carbocycles. The summed E-state index contributed by atoms with van der Waals surface area (Å²) in [6.07, 6.45) is 1.95. The molecular weight excluding hydrogens is 384 g/mol. The summed E-state index contributed by atoms with van der Waals surface area (Å²) in [6, 6.07) is 9.06. The number of hydrogen-bond donors (Lipinski definition) is 1. The van der Waals surface area contributed by atoms with Crippen molar-refractivity contribution in [3.8, 4) is 5.75 Å². The second kappa shape index (κ2) is 10.9. The second-order valence-corrected chi connectivity index (χ2v) is 6.12. The molecule has 154 valence electrons. The van der Waals surface area contributed by atoms with Gasteiger partial charge in [-0.1, -0.05) is 13.3 Å². The van der Waals surface area contributed by atoms with Crippen LogP contribution in [0.1, 0.15) is 40.5 Å². The lowest BCUT2D eigenvalue weighted by molar-refractivity contribution is -0.141. The Balaban J connectivity index is 1.75. The summed E-state index contributed by atoms with van der Waals surface area (Å²) in [4.78, 5) is 35.6. The minimum Gasteiger partial charge on any atom is -0.494 e. The number of carbonyl (C=O) groups excluding carboxylic acids is 3. The molecule has 0 unspecified atom stereocenters. The number of ketones is 1. The molecule has 0 aliphatic heterocycles. The molecule has 2 aromatic carbocycles. The number of nitrogens with one attached hydrogen (secondary N) is 1. The van der Waals surface area contributed by atoms with Crippen LogP contribution in [0.5, 0.6) is 5.75 Å². The number of rotatable bonds is 10. The zero-order chi connectivity index (χ0) is 21.2. The maximum atomic E-state index is 13.1. The van der Waals surface area contributed by atoms with Gasteiger partial charge < -0.3 is 14.8 Å². The zero-order valence-electron chi connectivity index (χ0n) is 15.9. The topological polar surface area (TPSA) is 81.7 Å². The second-order valence-electron chi connectivity index (χ2n) is 6.12. The first-order valence-corrected chi connectivity index (χ1v) is 9.05. The smallest absolute Gasteiger partial charge is 0.325 e. The van der Waals surface area contributed by atoms with Crippen molar-refractivity contribution in [1.29, 1.82) is 0 Å². The lowest BCUT2D eigenvalue weighted by Gasteiger charge is -2.08. The zero-order valence-corrected chi connectivity index (χ0v) is 15.9. The summed E-state index contributed by atoms with van der Waals surface area (Å²) in [6.45, 7) is 1.56. The Morgan fingerprint density at radius 2 is 1.66 bits per heavy atom. The maximum absolute atomic E-state index is 13.1. The van der Waals surface area contributed by atoms with Gasteiger partial charge in [0.05, 0.1) is 6.61 Å². The Morgan fingerprint density at radius 1 is 0.966 bits per heavy atom. The Hall–Kier alpha value is -3.29. The number of ether oxygens (including phenoxy) is 2. The molecule has 0 heterocycles. The molecule has 0 radical (unpaired) electrons. The number of Topliss-reactive ketones (excluding diaryl/α,β-unsaturated/α-hetero) is 1. The number of halogens is 2. The molecule has 0 bridgehead atoms. The van der Waals surface area contributed by atoms with Crippen molar-refractivity contribution < 1.29 is 32.6 Å². The molecule has 1 N–H and O–H groups in total. The summed E-state index contributed by atoms with van der Waals surface area (Å²) in [5.74, 6) is -3.63. The van der Waals surface area contributed by atoms with E-state index >= 15 is 0 Å². The molecule has 0 fully saturated rings. The van der Waals surface area contributed by atoms with Crippen LogP contribution in [0.25, 0.3) is 0 Å². The molecular formula is C21H21F2NO5. The van der Waals surface area contributed by atoms with E-state index in [-0.39, 0.29) is 5.56 Å². The molecule has 6 nitrogen and oxygen atoms in total. The molecule has 0 saturated heterocycles. The van der Waals surface area contributed by atoms with Crippen LogP contribution in [0.4, 0.5) is 8.78 Å². The Morgan fingerprint density at radius 3 is 2.31 bits per heavy atom. The van der Waals surface area contributed by atoms with Crippen LogP contribution in [-0.4, -0.2) is 37.4 Å². The number of benzene rings is 2. The summed E-state index contributed by atoms with van der Waals surface area (Å²) < 4.78 is 36.2. The fraction of sp³-hybridized carbons (Fsp3) is 0.286.